The zero-order valence-electron chi connectivity index (χ0n) is 19.3. The Labute approximate surface area is 203 Å². The lowest BCUT2D eigenvalue weighted by Gasteiger charge is -2.41. The summed E-state index contributed by atoms with van der Waals surface area (Å²) in [6.45, 7) is 0.991. The first-order chi connectivity index (χ1) is 16.8. The largest absolute Gasteiger partial charge is 0.371 e. The van der Waals surface area contributed by atoms with E-state index in [4.69, 9.17) is 0 Å². The van der Waals surface area contributed by atoms with Gasteiger partial charge < -0.3 is 14.7 Å². The number of aromatic nitrogens is 2. The van der Waals surface area contributed by atoms with E-state index in [1.165, 1.54) is 4.90 Å². The van der Waals surface area contributed by atoms with E-state index in [0.717, 1.165) is 11.2 Å². The molecule has 10 nitrogen and oxygen atoms in total. The molecule has 196 valence electrons. The monoisotopic (exact) mass is 533 g/mol. The molecule has 1 aromatic heterocycles. The van der Waals surface area contributed by atoms with Crippen molar-refractivity contribution in [3.63, 3.8) is 0 Å². The molecule has 2 aliphatic rings. The van der Waals surface area contributed by atoms with Crippen LogP contribution in [0.15, 0.2) is 21.6 Å². The molecule has 0 bridgehead atoms. The third-order valence-electron chi connectivity index (χ3n) is 6.09. The fraction of sp³-hybridized carbons (Fsp3) is 0.524. The zero-order valence-corrected chi connectivity index (χ0v) is 20.1. The number of halogens is 4. The number of piperidine rings is 2. The van der Waals surface area contributed by atoms with Crippen molar-refractivity contribution in [2.45, 2.75) is 55.5 Å². The zero-order chi connectivity index (χ0) is 26.4. The number of carbonyl (C=O) groups excluding carboxylic acids is 2. The van der Waals surface area contributed by atoms with Crippen molar-refractivity contribution in [3.05, 3.63) is 29.7 Å². The number of hydrogen-bond acceptors (Lipinski definition) is 8. The number of anilines is 2. The van der Waals surface area contributed by atoms with Gasteiger partial charge in [-0.3, -0.25) is 14.5 Å². The smallest absolute Gasteiger partial charge is 0.322 e. The van der Waals surface area contributed by atoms with E-state index in [9.17, 15) is 35.6 Å². The highest BCUT2D eigenvalue weighted by Crippen LogP contribution is 2.30. The lowest BCUT2D eigenvalue weighted by molar-refractivity contribution is -0.138. The third-order valence-corrected chi connectivity index (χ3v) is 7.21. The Morgan fingerprint density at radius 3 is 2.47 bits per heavy atom. The van der Waals surface area contributed by atoms with Gasteiger partial charge in [-0.1, -0.05) is 0 Å². The highest BCUT2D eigenvalue weighted by Gasteiger charge is 2.40. The maximum absolute atomic E-state index is 14.5. The number of benzene rings is 1. The number of carbonyl (C=O) groups is 2. The fourth-order valence-electron chi connectivity index (χ4n) is 4.30. The van der Waals surface area contributed by atoms with Gasteiger partial charge in [-0.25, -0.2) is 17.2 Å². The van der Waals surface area contributed by atoms with Gasteiger partial charge in [0.05, 0.1) is 5.69 Å². The third kappa shape index (κ3) is 5.15. The van der Waals surface area contributed by atoms with Crippen molar-refractivity contribution in [2.75, 3.05) is 29.6 Å². The molecule has 0 radical (unpaired) electrons. The molecule has 0 saturated carbocycles. The Kier molecular flexibility index (Phi) is 6.70. The van der Waals surface area contributed by atoms with Gasteiger partial charge in [-0.05, 0) is 30.5 Å². The van der Waals surface area contributed by atoms with Crippen LogP contribution in [0.4, 0.5) is 29.2 Å². The van der Waals surface area contributed by atoms with Gasteiger partial charge in [-0.2, -0.15) is 13.8 Å². The van der Waals surface area contributed by atoms with Crippen molar-refractivity contribution in [3.8, 4) is 0 Å². The quantitative estimate of drug-likeness (QED) is 0.562. The molecule has 2 fully saturated rings. The van der Waals surface area contributed by atoms with Gasteiger partial charge in [0.1, 0.15) is 22.6 Å². The average molecular weight is 534 g/mol. The molecule has 3 heterocycles. The molecular formula is C21H23F4N5O5S. The second kappa shape index (κ2) is 9.33. The Hall–Kier alpha value is -3.23. The molecule has 2 saturated heterocycles. The predicted octanol–water partition coefficient (Wildman–Crippen LogP) is 2.46. The number of rotatable bonds is 6. The van der Waals surface area contributed by atoms with Crippen molar-refractivity contribution < 1.29 is 40.1 Å². The molecule has 15 heteroatoms. The van der Waals surface area contributed by atoms with Crippen LogP contribution in [-0.4, -0.2) is 66.7 Å². The van der Waals surface area contributed by atoms with Crippen LogP contribution in [0.3, 0.4) is 0 Å². The summed E-state index contributed by atoms with van der Waals surface area (Å²) in [4.78, 5) is 31.2. The fourth-order valence-corrected chi connectivity index (χ4v) is 5.04. The minimum Gasteiger partial charge on any atom is -0.371 e. The van der Waals surface area contributed by atoms with Crippen molar-refractivity contribution in [1.82, 2.24) is 15.0 Å². The van der Waals surface area contributed by atoms with E-state index in [1.54, 1.807) is 0 Å². The second-order valence-corrected chi connectivity index (χ2v) is 10.9. The van der Waals surface area contributed by atoms with Gasteiger partial charge in [0.15, 0.2) is 9.84 Å². The van der Waals surface area contributed by atoms with E-state index >= 15 is 0 Å². The van der Waals surface area contributed by atoms with Crippen LogP contribution in [-0.2, 0) is 25.3 Å². The van der Waals surface area contributed by atoms with E-state index in [-0.39, 0.29) is 24.6 Å². The maximum atomic E-state index is 14.5. The normalized spacial score (nSPS) is 21.7. The number of amides is 2. The van der Waals surface area contributed by atoms with Crippen LogP contribution >= 0.6 is 0 Å². The topological polar surface area (TPSA) is 126 Å². The molecule has 2 aromatic rings. The molecule has 36 heavy (non-hydrogen) atoms. The number of alkyl halides is 2. The molecule has 0 aliphatic carbocycles. The molecule has 1 unspecified atom stereocenters. The molecule has 1 aromatic carbocycles. The summed E-state index contributed by atoms with van der Waals surface area (Å²) in [6.07, 6.45) is 1.78. The Balaban J connectivity index is 1.44. The molecular weight excluding hydrogens is 510 g/mol. The summed E-state index contributed by atoms with van der Waals surface area (Å²) in [6, 6.07) is -0.168. The van der Waals surface area contributed by atoms with Crippen LogP contribution < -0.4 is 10.2 Å². The summed E-state index contributed by atoms with van der Waals surface area (Å²) in [5.41, 5.74) is -0.355. The molecule has 2 aliphatic heterocycles. The van der Waals surface area contributed by atoms with Gasteiger partial charge in [0.25, 0.3) is 11.8 Å². The molecule has 0 spiro atoms. The first-order valence-electron chi connectivity index (χ1n) is 11.0. The second-order valence-electron chi connectivity index (χ2n) is 8.89. The molecule has 1 N–H and O–H groups in total. The lowest BCUT2D eigenvalue weighted by atomic mass is 9.96. The number of nitrogens with one attached hydrogen (secondary N) is 1. The minimum absolute atomic E-state index is 0.0619. The van der Waals surface area contributed by atoms with Crippen molar-refractivity contribution in [1.29, 1.82) is 0 Å². The Morgan fingerprint density at radius 2 is 1.86 bits per heavy atom. The Morgan fingerprint density at radius 1 is 1.14 bits per heavy atom. The Bertz CT molecular complexity index is 1300. The van der Waals surface area contributed by atoms with E-state index in [1.807, 2.05) is 0 Å². The van der Waals surface area contributed by atoms with Crippen LogP contribution in [0.2, 0.25) is 0 Å². The first-order valence-corrected chi connectivity index (χ1v) is 12.9. The van der Waals surface area contributed by atoms with Crippen molar-refractivity contribution >= 4 is 33.3 Å². The van der Waals surface area contributed by atoms with Crippen molar-refractivity contribution in [2.24, 2.45) is 0 Å². The predicted molar refractivity (Wildman–Crippen MR) is 117 cm³/mol. The highest BCUT2D eigenvalue weighted by molar-refractivity contribution is 7.90. The van der Waals surface area contributed by atoms with E-state index in [2.05, 4.69) is 20.0 Å². The van der Waals surface area contributed by atoms with Gasteiger partial charge >= 0.3 is 5.92 Å². The number of hydrogen-bond donors (Lipinski definition) is 1. The summed E-state index contributed by atoms with van der Waals surface area (Å²) in [5, 5.41) is 6.10. The van der Waals surface area contributed by atoms with Crippen LogP contribution in [0.25, 0.3) is 0 Å². The van der Waals surface area contributed by atoms with E-state index in [0.29, 0.717) is 44.9 Å². The number of sulfone groups is 1. The molecule has 2 atom stereocenters. The summed E-state index contributed by atoms with van der Waals surface area (Å²) in [7, 11) is -3.98. The molecule has 2 amide bonds. The van der Waals surface area contributed by atoms with Gasteiger partial charge in [0.2, 0.25) is 11.8 Å². The summed E-state index contributed by atoms with van der Waals surface area (Å²) < 4.78 is 83.2. The lowest BCUT2D eigenvalue weighted by Crippen LogP contribution is -2.56. The number of nitrogens with zero attached hydrogens (tertiary/aromatic N) is 4. The number of likely N-dealkylation sites (tertiary alicyclic amines) is 1. The first kappa shape index (κ1) is 25.9. The maximum Gasteiger partial charge on any atom is 0.322 e. The minimum atomic E-state index is -3.98. The highest BCUT2D eigenvalue weighted by atomic mass is 32.2. The average Bonchev–Trinajstić information content (AvgIpc) is 3.27. The van der Waals surface area contributed by atoms with Crippen LogP contribution in [0.5, 0.6) is 0 Å². The van der Waals surface area contributed by atoms with Crippen LogP contribution in [0, 0.1) is 11.6 Å². The molecule has 4 rings (SSSR count). The SMILES string of the molecule is CC(F)(F)c1nc(N2CC[C@H](N3CCCC(Nc4cc(F)c(S(C)(=O)=O)cc4F)C3=O)CC2=O)no1. The van der Waals surface area contributed by atoms with Gasteiger partial charge in [0, 0.05) is 44.8 Å². The summed E-state index contributed by atoms with van der Waals surface area (Å²) in [5.74, 6) is -7.64. The summed E-state index contributed by atoms with van der Waals surface area (Å²) >= 11 is 0. The standard InChI is InChI=1S/C21H23F4N5O5S/c1-21(24,25)19-27-20(28-35-19)30-7-5-11(8-17(30)31)29-6-3-4-14(18(29)32)26-15-9-13(23)16(10-12(15)22)36(2,33)34/h9-11,14,26H,3-8H2,1-2H3/t11-,14?/m0/s1. The van der Waals surface area contributed by atoms with Crippen LogP contribution in [0.1, 0.15) is 38.5 Å². The van der Waals surface area contributed by atoms with E-state index < -0.39 is 62.1 Å². The van der Waals surface area contributed by atoms with Gasteiger partial charge in [-0.15, -0.1) is 0 Å².